The summed E-state index contributed by atoms with van der Waals surface area (Å²) >= 11 is 0. The topological polar surface area (TPSA) is 12.0 Å². The van der Waals surface area contributed by atoms with Crippen molar-refractivity contribution in [1.29, 1.82) is 0 Å². The summed E-state index contributed by atoms with van der Waals surface area (Å²) < 4.78 is 0. The molecule has 0 saturated heterocycles. The fourth-order valence-corrected chi connectivity index (χ4v) is 2.99. The lowest BCUT2D eigenvalue weighted by atomic mass is 9.75. The third-order valence-electron chi connectivity index (χ3n) is 3.90. The molecule has 1 aliphatic rings. The Morgan fingerprint density at radius 2 is 2.00 bits per heavy atom. The molecule has 82 valence electrons. The van der Waals surface area contributed by atoms with Crippen LogP contribution in [-0.4, -0.2) is 12.6 Å². The number of nitrogens with one attached hydrogen (secondary N) is 1. The molecule has 1 N–H and O–H groups in total. The van der Waals surface area contributed by atoms with Crippen LogP contribution in [0.3, 0.4) is 0 Å². The van der Waals surface area contributed by atoms with Gasteiger partial charge in [0.05, 0.1) is 0 Å². The molecular formula is C13H25N. The molecule has 0 amide bonds. The molecule has 0 aromatic heterocycles. The lowest BCUT2D eigenvalue weighted by molar-refractivity contribution is 0.189. The van der Waals surface area contributed by atoms with Gasteiger partial charge in [-0.3, -0.25) is 0 Å². The van der Waals surface area contributed by atoms with E-state index in [1.807, 2.05) is 0 Å². The van der Waals surface area contributed by atoms with Crippen LogP contribution in [0.1, 0.15) is 52.4 Å². The molecule has 0 aliphatic heterocycles. The van der Waals surface area contributed by atoms with Gasteiger partial charge in [0, 0.05) is 6.04 Å². The van der Waals surface area contributed by atoms with E-state index in [4.69, 9.17) is 0 Å². The molecule has 0 spiro atoms. The number of hydrogen-bond acceptors (Lipinski definition) is 1. The summed E-state index contributed by atoms with van der Waals surface area (Å²) in [5, 5.41) is 3.65. The normalized spacial score (nSPS) is 22.1. The van der Waals surface area contributed by atoms with Crippen molar-refractivity contribution in [3.8, 4) is 0 Å². The maximum Gasteiger partial charge on any atom is 0.0158 e. The molecule has 1 aliphatic carbocycles. The second kappa shape index (κ2) is 5.55. The lowest BCUT2D eigenvalue weighted by Gasteiger charge is -2.37. The van der Waals surface area contributed by atoms with Gasteiger partial charge in [0.1, 0.15) is 0 Å². The molecule has 1 saturated carbocycles. The van der Waals surface area contributed by atoms with Gasteiger partial charge in [-0.1, -0.05) is 32.8 Å². The molecule has 0 bridgehead atoms. The van der Waals surface area contributed by atoms with Gasteiger partial charge in [-0.25, -0.2) is 0 Å². The van der Waals surface area contributed by atoms with Crippen molar-refractivity contribution in [2.75, 3.05) is 6.54 Å². The molecule has 0 aromatic rings. The largest absolute Gasteiger partial charge is 0.313 e. The minimum absolute atomic E-state index is 0.574. The Bertz CT molecular complexity index is 168. The molecule has 1 rings (SSSR count). The van der Waals surface area contributed by atoms with Crippen LogP contribution in [0.15, 0.2) is 12.7 Å². The van der Waals surface area contributed by atoms with Gasteiger partial charge in [-0.15, -0.1) is 6.58 Å². The molecule has 1 fully saturated rings. The molecular weight excluding hydrogens is 170 g/mol. The van der Waals surface area contributed by atoms with Crippen molar-refractivity contribution >= 4 is 0 Å². The van der Waals surface area contributed by atoms with Gasteiger partial charge in [0.15, 0.2) is 0 Å². The highest BCUT2D eigenvalue weighted by molar-refractivity contribution is 4.96. The van der Waals surface area contributed by atoms with Crippen LogP contribution >= 0.6 is 0 Å². The van der Waals surface area contributed by atoms with Crippen LogP contribution in [-0.2, 0) is 0 Å². The minimum Gasteiger partial charge on any atom is -0.313 e. The number of hydrogen-bond donors (Lipinski definition) is 1. The van der Waals surface area contributed by atoms with E-state index in [-0.39, 0.29) is 0 Å². The van der Waals surface area contributed by atoms with E-state index in [9.17, 15) is 0 Å². The molecule has 1 heteroatoms. The summed E-state index contributed by atoms with van der Waals surface area (Å²) in [6.45, 7) is 9.51. The SMILES string of the molecule is C=CCC(NCC)C1(CC)CCCC1. The average Bonchev–Trinajstić information content (AvgIpc) is 2.67. The van der Waals surface area contributed by atoms with Crippen LogP contribution < -0.4 is 5.32 Å². The van der Waals surface area contributed by atoms with Gasteiger partial charge < -0.3 is 5.32 Å². The van der Waals surface area contributed by atoms with Crippen molar-refractivity contribution in [3.63, 3.8) is 0 Å². The summed E-state index contributed by atoms with van der Waals surface area (Å²) in [6.07, 6.45) is 10.2. The smallest absolute Gasteiger partial charge is 0.0158 e. The molecule has 0 aromatic carbocycles. The summed E-state index contributed by atoms with van der Waals surface area (Å²) in [5.41, 5.74) is 0.574. The molecule has 1 unspecified atom stereocenters. The van der Waals surface area contributed by atoms with Crippen molar-refractivity contribution in [2.24, 2.45) is 5.41 Å². The summed E-state index contributed by atoms with van der Waals surface area (Å²) in [4.78, 5) is 0. The van der Waals surface area contributed by atoms with Gasteiger partial charge in [-0.05, 0) is 37.6 Å². The van der Waals surface area contributed by atoms with Crippen LogP contribution in [0.5, 0.6) is 0 Å². The summed E-state index contributed by atoms with van der Waals surface area (Å²) in [5.74, 6) is 0. The Morgan fingerprint density at radius 3 is 2.43 bits per heavy atom. The van der Waals surface area contributed by atoms with Gasteiger partial charge in [0.2, 0.25) is 0 Å². The average molecular weight is 195 g/mol. The highest BCUT2D eigenvalue weighted by atomic mass is 14.9. The molecule has 0 radical (unpaired) electrons. The first-order valence-corrected chi connectivity index (χ1v) is 6.13. The van der Waals surface area contributed by atoms with E-state index in [0.717, 1.165) is 13.0 Å². The Balaban J connectivity index is 2.65. The molecule has 14 heavy (non-hydrogen) atoms. The lowest BCUT2D eigenvalue weighted by Crippen LogP contribution is -2.43. The van der Waals surface area contributed by atoms with E-state index < -0.39 is 0 Å². The fourth-order valence-electron chi connectivity index (χ4n) is 2.99. The molecule has 1 nitrogen and oxygen atoms in total. The van der Waals surface area contributed by atoms with Crippen LogP contribution in [0.25, 0.3) is 0 Å². The zero-order valence-electron chi connectivity index (χ0n) is 9.81. The molecule has 1 atom stereocenters. The first kappa shape index (κ1) is 11.8. The highest BCUT2D eigenvalue weighted by Crippen LogP contribution is 2.44. The third-order valence-corrected chi connectivity index (χ3v) is 3.90. The first-order valence-electron chi connectivity index (χ1n) is 6.13. The Hall–Kier alpha value is -0.300. The Morgan fingerprint density at radius 1 is 1.36 bits per heavy atom. The van der Waals surface area contributed by atoms with Crippen molar-refractivity contribution < 1.29 is 0 Å². The zero-order chi connectivity index (χ0) is 10.4. The van der Waals surface area contributed by atoms with Gasteiger partial charge >= 0.3 is 0 Å². The maximum absolute atomic E-state index is 3.88. The van der Waals surface area contributed by atoms with E-state index in [2.05, 4.69) is 31.8 Å². The van der Waals surface area contributed by atoms with Gasteiger partial charge in [0.25, 0.3) is 0 Å². The standard InChI is InChI=1S/C13H25N/c1-4-9-12(14-6-3)13(5-2)10-7-8-11-13/h4,12,14H,1,5-11H2,2-3H3. The van der Waals surface area contributed by atoms with E-state index in [1.54, 1.807) is 0 Å². The number of rotatable bonds is 6. The van der Waals surface area contributed by atoms with E-state index in [1.165, 1.54) is 32.1 Å². The fraction of sp³-hybridized carbons (Fsp3) is 0.846. The van der Waals surface area contributed by atoms with E-state index in [0.29, 0.717) is 11.5 Å². The van der Waals surface area contributed by atoms with Crippen LogP contribution in [0, 0.1) is 5.41 Å². The minimum atomic E-state index is 0.574. The van der Waals surface area contributed by atoms with Crippen LogP contribution in [0.4, 0.5) is 0 Å². The van der Waals surface area contributed by atoms with Gasteiger partial charge in [-0.2, -0.15) is 0 Å². The second-order valence-electron chi connectivity index (χ2n) is 4.56. The monoisotopic (exact) mass is 195 g/mol. The Labute approximate surface area is 89.0 Å². The zero-order valence-corrected chi connectivity index (χ0v) is 9.81. The van der Waals surface area contributed by atoms with E-state index >= 15 is 0 Å². The first-order chi connectivity index (χ1) is 6.79. The third kappa shape index (κ3) is 2.38. The summed E-state index contributed by atoms with van der Waals surface area (Å²) in [6, 6.07) is 0.664. The van der Waals surface area contributed by atoms with Crippen molar-refractivity contribution in [3.05, 3.63) is 12.7 Å². The van der Waals surface area contributed by atoms with Crippen molar-refractivity contribution in [2.45, 2.75) is 58.4 Å². The highest BCUT2D eigenvalue weighted by Gasteiger charge is 2.38. The predicted molar refractivity (Wildman–Crippen MR) is 63.5 cm³/mol. The quantitative estimate of drug-likeness (QED) is 0.640. The maximum atomic E-state index is 3.88. The Kier molecular flexibility index (Phi) is 4.67. The molecule has 0 heterocycles. The second-order valence-corrected chi connectivity index (χ2v) is 4.56. The van der Waals surface area contributed by atoms with Crippen LogP contribution in [0.2, 0.25) is 0 Å². The predicted octanol–water partition coefficient (Wildman–Crippen LogP) is 3.51. The summed E-state index contributed by atoms with van der Waals surface area (Å²) in [7, 11) is 0. The van der Waals surface area contributed by atoms with Crippen molar-refractivity contribution in [1.82, 2.24) is 5.32 Å².